The molecule has 2 amide bonds. The number of amides is 2. The van der Waals surface area contributed by atoms with Gasteiger partial charge < -0.3 is 19.5 Å². The van der Waals surface area contributed by atoms with Crippen molar-refractivity contribution in [1.29, 1.82) is 0 Å². The number of benzene rings is 1. The van der Waals surface area contributed by atoms with Gasteiger partial charge >= 0.3 is 5.97 Å². The number of fused-ring (bicyclic) bond motifs is 1. The summed E-state index contributed by atoms with van der Waals surface area (Å²) >= 11 is 0. The molecule has 0 saturated carbocycles. The summed E-state index contributed by atoms with van der Waals surface area (Å²) in [4.78, 5) is 39.7. The Morgan fingerprint density at radius 1 is 1.26 bits per heavy atom. The van der Waals surface area contributed by atoms with Crippen LogP contribution < -0.4 is 0 Å². The van der Waals surface area contributed by atoms with Crippen molar-refractivity contribution in [1.82, 2.24) is 14.4 Å². The van der Waals surface area contributed by atoms with Crippen LogP contribution in [-0.4, -0.2) is 63.9 Å². The van der Waals surface area contributed by atoms with Gasteiger partial charge in [0, 0.05) is 43.8 Å². The molecule has 1 unspecified atom stereocenters. The first kappa shape index (κ1) is 18.9. The molecule has 2 heterocycles. The van der Waals surface area contributed by atoms with E-state index < -0.39 is 11.9 Å². The van der Waals surface area contributed by atoms with Crippen LogP contribution in [0.4, 0.5) is 0 Å². The Morgan fingerprint density at radius 2 is 2.00 bits per heavy atom. The molecule has 27 heavy (non-hydrogen) atoms. The first-order chi connectivity index (χ1) is 12.9. The van der Waals surface area contributed by atoms with Gasteiger partial charge in [-0.15, -0.1) is 0 Å². The zero-order chi connectivity index (χ0) is 19.6. The lowest BCUT2D eigenvalue weighted by molar-refractivity contribution is -0.145. The largest absolute Gasteiger partial charge is 0.481 e. The lowest BCUT2D eigenvalue weighted by atomic mass is 9.98. The fourth-order valence-corrected chi connectivity index (χ4v) is 3.66. The van der Waals surface area contributed by atoms with Crippen LogP contribution in [-0.2, 0) is 16.1 Å². The number of carbonyl (C=O) groups is 3. The van der Waals surface area contributed by atoms with Gasteiger partial charge in [0.05, 0.1) is 18.0 Å². The first-order valence-corrected chi connectivity index (χ1v) is 9.26. The number of aryl methyl sites for hydroxylation is 1. The molecule has 1 saturated heterocycles. The normalized spacial score (nSPS) is 17.1. The quantitative estimate of drug-likeness (QED) is 0.872. The second-order valence-electron chi connectivity index (χ2n) is 7.02. The van der Waals surface area contributed by atoms with Crippen LogP contribution in [0.15, 0.2) is 30.5 Å². The Morgan fingerprint density at radius 3 is 2.70 bits per heavy atom. The van der Waals surface area contributed by atoms with Crippen LogP contribution in [0.25, 0.3) is 10.9 Å². The number of aliphatic carboxylic acids is 1. The van der Waals surface area contributed by atoms with Crippen molar-refractivity contribution in [3.05, 3.63) is 36.0 Å². The van der Waals surface area contributed by atoms with Crippen molar-refractivity contribution in [2.45, 2.75) is 26.3 Å². The molecule has 1 N–H and O–H groups in total. The zero-order valence-electron chi connectivity index (χ0n) is 15.7. The molecule has 1 fully saturated rings. The van der Waals surface area contributed by atoms with E-state index in [1.54, 1.807) is 11.9 Å². The van der Waals surface area contributed by atoms with E-state index >= 15 is 0 Å². The number of nitrogens with zero attached hydrogens (tertiary/aromatic N) is 3. The highest BCUT2D eigenvalue weighted by Gasteiger charge is 2.29. The zero-order valence-corrected chi connectivity index (χ0v) is 15.7. The molecule has 0 aliphatic carbocycles. The molecule has 1 aromatic heterocycles. The van der Waals surface area contributed by atoms with Crippen LogP contribution >= 0.6 is 0 Å². The standard InChI is InChI=1S/C20H25N3O4/c1-3-22-12-16(15-8-4-5-9-17(15)22)19(25)21(2)13-18(24)23-10-6-7-14(11-23)20(26)27/h4-5,8-9,12,14H,3,6-7,10-11,13H2,1-2H3,(H,26,27). The third-order valence-corrected chi connectivity index (χ3v) is 5.20. The van der Waals surface area contributed by atoms with Gasteiger partial charge in [-0.1, -0.05) is 18.2 Å². The molecule has 1 aliphatic rings. The summed E-state index contributed by atoms with van der Waals surface area (Å²) in [7, 11) is 1.61. The number of carboxylic acids is 1. The number of hydrogen-bond donors (Lipinski definition) is 1. The van der Waals surface area contributed by atoms with E-state index in [1.165, 1.54) is 4.90 Å². The average molecular weight is 371 g/mol. The lowest BCUT2D eigenvalue weighted by Gasteiger charge is -2.32. The van der Waals surface area contributed by atoms with Crippen LogP contribution in [0, 0.1) is 5.92 Å². The van der Waals surface area contributed by atoms with Crippen molar-refractivity contribution >= 4 is 28.7 Å². The fourth-order valence-electron chi connectivity index (χ4n) is 3.66. The molecular formula is C20H25N3O4. The Bertz CT molecular complexity index is 873. The van der Waals surface area contributed by atoms with Gasteiger partial charge in [0.1, 0.15) is 0 Å². The van der Waals surface area contributed by atoms with E-state index in [2.05, 4.69) is 0 Å². The molecule has 7 heteroatoms. The maximum Gasteiger partial charge on any atom is 0.308 e. The number of likely N-dealkylation sites (tertiary alicyclic amines) is 1. The molecule has 2 aromatic rings. The molecular weight excluding hydrogens is 346 g/mol. The van der Waals surface area contributed by atoms with Gasteiger partial charge in [-0.25, -0.2) is 0 Å². The maximum atomic E-state index is 12.9. The van der Waals surface area contributed by atoms with Crippen molar-refractivity contribution in [2.75, 3.05) is 26.7 Å². The SMILES string of the molecule is CCn1cc(C(=O)N(C)CC(=O)N2CCCC(C(=O)O)C2)c2ccccc21. The second-order valence-corrected chi connectivity index (χ2v) is 7.02. The molecule has 1 aliphatic heterocycles. The molecule has 0 radical (unpaired) electrons. The average Bonchev–Trinajstić information content (AvgIpc) is 3.06. The summed E-state index contributed by atoms with van der Waals surface area (Å²) in [6.07, 6.45) is 3.09. The Hall–Kier alpha value is -2.83. The van der Waals surface area contributed by atoms with Gasteiger partial charge in [-0.3, -0.25) is 14.4 Å². The molecule has 0 bridgehead atoms. The third-order valence-electron chi connectivity index (χ3n) is 5.20. The highest BCUT2D eigenvalue weighted by atomic mass is 16.4. The highest BCUT2D eigenvalue weighted by molar-refractivity contribution is 6.07. The van der Waals surface area contributed by atoms with E-state index in [-0.39, 0.29) is 24.9 Å². The number of rotatable bonds is 5. The number of carboxylic acid groups (broad SMARTS) is 1. The molecule has 3 rings (SSSR count). The fraction of sp³-hybridized carbons (Fsp3) is 0.450. The predicted octanol–water partition coefficient (Wildman–Crippen LogP) is 2.06. The smallest absolute Gasteiger partial charge is 0.308 e. The van der Waals surface area contributed by atoms with Crippen molar-refractivity contribution in [2.24, 2.45) is 5.92 Å². The van der Waals surface area contributed by atoms with Gasteiger partial charge in [0.15, 0.2) is 0 Å². The Balaban J connectivity index is 1.73. The van der Waals surface area contributed by atoms with Crippen LogP contribution in [0.3, 0.4) is 0 Å². The van der Waals surface area contributed by atoms with E-state index in [9.17, 15) is 19.5 Å². The number of para-hydroxylation sites is 1. The predicted molar refractivity (Wildman–Crippen MR) is 102 cm³/mol. The minimum Gasteiger partial charge on any atom is -0.481 e. The lowest BCUT2D eigenvalue weighted by Crippen LogP contribution is -2.46. The Labute approximate surface area is 158 Å². The number of piperidine rings is 1. The van der Waals surface area contributed by atoms with Crippen molar-refractivity contribution < 1.29 is 19.5 Å². The summed E-state index contributed by atoms with van der Waals surface area (Å²) < 4.78 is 2.01. The molecule has 0 spiro atoms. The summed E-state index contributed by atoms with van der Waals surface area (Å²) in [5, 5.41) is 10.0. The monoisotopic (exact) mass is 371 g/mol. The molecule has 7 nitrogen and oxygen atoms in total. The topological polar surface area (TPSA) is 82.9 Å². The summed E-state index contributed by atoms with van der Waals surface area (Å²) in [6, 6.07) is 7.71. The summed E-state index contributed by atoms with van der Waals surface area (Å²) in [6.45, 7) is 3.46. The van der Waals surface area contributed by atoms with E-state index in [1.807, 2.05) is 42.0 Å². The van der Waals surface area contributed by atoms with E-state index in [0.29, 0.717) is 24.9 Å². The van der Waals surface area contributed by atoms with Gasteiger partial charge in [-0.05, 0) is 25.8 Å². The molecule has 1 atom stereocenters. The number of aromatic nitrogens is 1. The van der Waals surface area contributed by atoms with E-state index in [4.69, 9.17) is 0 Å². The van der Waals surface area contributed by atoms with Crippen LogP contribution in [0.1, 0.15) is 30.1 Å². The van der Waals surface area contributed by atoms with Crippen molar-refractivity contribution in [3.8, 4) is 0 Å². The second kappa shape index (κ2) is 7.82. The molecule has 1 aromatic carbocycles. The van der Waals surface area contributed by atoms with Crippen LogP contribution in [0.5, 0.6) is 0 Å². The minimum atomic E-state index is -0.871. The van der Waals surface area contributed by atoms with Gasteiger partial charge in [-0.2, -0.15) is 0 Å². The number of likely N-dealkylation sites (N-methyl/N-ethyl adjacent to an activating group) is 1. The highest BCUT2D eigenvalue weighted by Crippen LogP contribution is 2.23. The Kier molecular flexibility index (Phi) is 5.48. The van der Waals surface area contributed by atoms with Gasteiger partial charge in [0.2, 0.25) is 5.91 Å². The van der Waals surface area contributed by atoms with Gasteiger partial charge in [0.25, 0.3) is 5.91 Å². The molecule has 144 valence electrons. The van der Waals surface area contributed by atoms with E-state index in [0.717, 1.165) is 17.4 Å². The number of carbonyl (C=O) groups excluding carboxylic acids is 2. The van der Waals surface area contributed by atoms with Crippen molar-refractivity contribution in [3.63, 3.8) is 0 Å². The maximum absolute atomic E-state index is 12.9. The third kappa shape index (κ3) is 3.82. The number of hydrogen-bond acceptors (Lipinski definition) is 3. The minimum absolute atomic E-state index is 0.0587. The summed E-state index contributed by atoms with van der Waals surface area (Å²) in [5.74, 6) is -1.81. The summed E-state index contributed by atoms with van der Waals surface area (Å²) in [5.41, 5.74) is 1.56. The first-order valence-electron chi connectivity index (χ1n) is 9.26. The van der Waals surface area contributed by atoms with Crippen LogP contribution in [0.2, 0.25) is 0 Å².